The molecule has 2 aliphatic heterocycles. The van der Waals surface area contributed by atoms with Gasteiger partial charge >= 0.3 is 5.97 Å². The number of esters is 1. The van der Waals surface area contributed by atoms with E-state index in [1.807, 2.05) is 0 Å². The number of nitrogens with zero attached hydrogens (tertiary/aromatic N) is 3. The maximum absolute atomic E-state index is 12.5. The van der Waals surface area contributed by atoms with E-state index in [1.54, 1.807) is 24.1 Å². The summed E-state index contributed by atoms with van der Waals surface area (Å²) in [6.45, 7) is 2.13. The average molecular weight is 382 g/mol. The lowest BCUT2D eigenvalue weighted by Crippen LogP contribution is -2.40. The molecule has 1 N–H and O–H groups in total. The van der Waals surface area contributed by atoms with Crippen LogP contribution in [-0.4, -0.2) is 54.9 Å². The zero-order valence-electron chi connectivity index (χ0n) is 13.1. The van der Waals surface area contributed by atoms with E-state index in [0.29, 0.717) is 0 Å². The molecular formula is C14H14N4O5S2. The molecule has 1 aromatic rings. The number of amides is 1. The van der Waals surface area contributed by atoms with Gasteiger partial charge in [-0.3, -0.25) is 10.1 Å². The van der Waals surface area contributed by atoms with Crippen LogP contribution in [0, 0.1) is 0 Å². The second-order valence-electron chi connectivity index (χ2n) is 5.03. The Labute approximate surface area is 147 Å². The van der Waals surface area contributed by atoms with Gasteiger partial charge < -0.3 is 9.64 Å². The minimum Gasteiger partial charge on any atom is -0.461 e. The van der Waals surface area contributed by atoms with Crippen LogP contribution in [0.25, 0.3) is 0 Å². The Morgan fingerprint density at radius 3 is 3.00 bits per heavy atom. The van der Waals surface area contributed by atoms with E-state index in [0.717, 1.165) is 11.3 Å². The Balaban J connectivity index is 1.79. The third-order valence-corrected chi connectivity index (χ3v) is 5.22. The van der Waals surface area contributed by atoms with Crippen LogP contribution in [0.15, 0.2) is 33.7 Å². The topological polar surface area (TPSA) is 118 Å². The summed E-state index contributed by atoms with van der Waals surface area (Å²) >= 11 is 1.06. The van der Waals surface area contributed by atoms with Crippen molar-refractivity contribution in [3.63, 3.8) is 0 Å². The van der Waals surface area contributed by atoms with Crippen LogP contribution in [0.5, 0.6) is 0 Å². The number of allylic oxidation sites excluding steroid dienone is 2. The Hall–Kier alpha value is -2.53. The molecule has 3 rings (SSSR count). The number of aromatic nitrogens is 1. The zero-order valence-corrected chi connectivity index (χ0v) is 14.8. The van der Waals surface area contributed by atoms with Gasteiger partial charge in [0.15, 0.2) is 16.7 Å². The van der Waals surface area contributed by atoms with Crippen LogP contribution in [0.2, 0.25) is 0 Å². The van der Waals surface area contributed by atoms with E-state index >= 15 is 0 Å². The summed E-state index contributed by atoms with van der Waals surface area (Å²) in [5.41, 5.74) is 0.206. The van der Waals surface area contributed by atoms with Gasteiger partial charge in [0.05, 0.1) is 17.9 Å². The number of carbonyl (C=O) groups is 2. The fourth-order valence-corrected chi connectivity index (χ4v) is 3.85. The first-order valence-electron chi connectivity index (χ1n) is 7.32. The number of hydrogen-bond donors (Lipinski definition) is 1. The van der Waals surface area contributed by atoms with Crippen molar-refractivity contribution >= 4 is 44.2 Å². The molecule has 0 saturated heterocycles. The van der Waals surface area contributed by atoms with Crippen LogP contribution >= 0.6 is 11.3 Å². The first-order chi connectivity index (χ1) is 11.9. The van der Waals surface area contributed by atoms with E-state index in [1.165, 1.54) is 11.5 Å². The summed E-state index contributed by atoms with van der Waals surface area (Å²) in [5, 5.41) is 4.22. The minimum atomic E-state index is -3.59. The molecule has 0 radical (unpaired) electrons. The number of sulfonamides is 1. The first-order valence-corrected chi connectivity index (χ1v) is 9.80. The smallest absolute Gasteiger partial charge is 0.357 e. The van der Waals surface area contributed by atoms with Crippen LogP contribution in [-0.2, 0) is 19.6 Å². The molecule has 0 atom stereocenters. The van der Waals surface area contributed by atoms with Gasteiger partial charge in [-0.25, -0.2) is 18.2 Å². The largest absolute Gasteiger partial charge is 0.461 e. The van der Waals surface area contributed by atoms with Crippen molar-refractivity contribution < 1.29 is 22.7 Å². The quantitative estimate of drug-likeness (QED) is 0.764. The van der Waals surface area contributed by atoms with Crippen LogP contribution in [0.4, 0.5) is 5.13 Å². The molecule has 0 bridgehead atoms. The van der Waals surface area contributed by atoms with Crippen LogP contribution in [0.1, 0.15) is 17.4 Å². The molecule has 1 aromatic heterocycles. The van der Waals surface area contributed by atoms with Gasteiger partial charge in [-0.2, -0.15) is 0 Å². The minimum absolute atomic E-state index is 0.0772. The summed E-state index contributed by atoms with van der Waals surface area (Å²) in [6.07, 6.45) is 4.77. The predicted molar refractivity (Wildman–Crippen MR) is 91.9 cm³/mol. The van der Waals surface area contributed by atoms with Gasteiger partial charge in [-0.05, 0) is 19.1 Å². The maximum atomic E-state index is 12.5. The number of rotatable bonds is 4. The lowest BCUT2D eigenvalue weighted by atomic mass is 10.1. The van der Waals surface area contributed by atoms with Crippen molar-refractivity contribution in [2.75, 3.05) is 24.2 Å². The lowest BCUT2D eigenvalue weighted by molar-refractivity contribution is -0.112. The Morgan fingerprint density at radius 1 is 1.44 bits per heavy atom. The summed E-state index contributed by atoms with van der Waals surface area (Å²) in [7, 11) is -3.59. The second kappa shape index (κ2) is 6.76. The van der Waals surface area contributed by atoms with E-state index in [2.05, 4.69) is 14.7 Å². The molecule has 0 spiro atoms. The molecule has 0 saturated carbocycles. The van der Waals surface area contributed by atoms with E-state index in [9.17, 15) is 18.0 Å². The van der Waals surface area contributed by atoms with Crippen molar-refractivity contribution in [2.24, 2.45) is 4.40 Å². The molecule has 1 amide bonds. The number of carbonyl (C=O) groups excluding carboxylic acids is 2. The second-order valence-corrected chi connectivity index (χ2v) is 7.64. The van der Waals surface area contributed by atoms with Crippen molar-refractivity contribution in [2.45, 2.75) is 6.92 Å². The number of nitrogens with one attached hydrogen (secondary N) is 1. The highest BCUT2D eigenvalue weighted by atomic mass is 32.2. The molecule has 25 heavy (non-hydrogen) atoms. The normalized spacial score (nSPS) is 18.0. The van der Waals surface area contributed by atoms with Gasteiger partial charge in [0.2, 0.25) is 0 Å². The molecular weight excluding hydrogens is 368 g/mol. The van der Waals surface area contributed by atoms with Crippen LogP contribution in [0.3, 0.4) is 0 Å². The van der Waals surface area contributed by atoms with E-state index in [4.69, 9.17) is 4.74 Å². The highest BCUT2D eigenvalue weighted by Gasteiger charge is 2.30. The van der Waals surface area contributed by atoms with Gasteiger partial charge in [-0.15, -0.1) is 15.7 Å². The monoisotopic (exact) mass is 382 g/mol. The van der Waals surface area contributed by atoms with Crippen molar-refractivity contribution in [3.05, 3.63) is 35.0 Å². The van der Waals surface area contributed by atoms with Gasteiger partial charge in [0.1, 0.15) is 0 Å². The van der Waals surface area contributed by atoms with Gasteiger partial charge in [-0.1, -0.05) is 0 Å². The molecule has 0 aromatic carbocycles. The number of thiazole rings is 1. The maximum Gasteiger partial charge on any atom is 0.357 e. The Morgan fingerprint density at radius 2 is 2.24 bits per heavy atom. The number of anilines is 1. The van der Waals surface area contributed by atoms with E-state index in [-0.39, 0.29) is 41.1 Å². The molecule has 2 aliphatic rings. The summed E-state index contributed by atoms with van der Waals surface area (Å²) in [4.78, 5) is 29.7. The number of amidine groups is 1. The summed E-state index contributed by atoms with van der Waals surface area (Å²) < 4.78 is 31.9. The molecule has 0 aliphatic carbocycles. The average Bonchev–Trinajstić information content (AvgIpc) is 3.02. The molecule has 132 valence electrons. The number of ether oxygens (including phenoxy) is 1. The van der Waals surface area contributed by atoms with Crippen molar-refractivity contribution in [3.8, 4) is 0 Å². The van der Waals surface area contributed by atoms with Crippen LogP contribution < -0.4 is 5.32 Å². The molecule has 0 fully saturated rings. The first kappa shape index (κ1) is 17.3. The standard InChI is InChI=1S/C14H14N4O5S2/c1-2-23-13(20)10-8-24-14(15-10)16-12(19)9-4-3-5-18-6-7-25(21,22)17-11(9)18/h3-5,8H,2,6-7H2,1H3,(H,15,16,19). The van der Waals surface area contributed by atoms with Crippen molar-refractivity contribution in [1.82, 2.24) is 9.88 Å². The summed E-state index contributed by atoms with van der Waals surface area (Å²) in [6, 6.07) is 0. The summed E-state index contributed by atoms with van der Waals surface area (Å²) in [5.74, 6) is -1.16. The van der Waals surface area contributed by atoms with Crippen molar-refractivity contribution in [1.29, 1.82) is 0 Å². The lowest BCUT2D eigenvalue weighted by Gasteiger charge is -2.28. The molecule has 0 unspecified atom stereocenters. The third-order valence-electron chi connectivity index (χ3n) is 3.31. The predicted octanol–water partition coefficient (Wildman–Crippen LogP) is 0.756. The fraction of sp³-hybridized carbons (Fsp3) is 0.286. The Kier molecular flexibility index (Phi) is 4.68. The van der Waals surface area contributed by atoms with Gasteiger partial charge in [0.25, 0.3) is 15.9 Å². The highest BCUT2D eigenvalue weighted by molar-refractivity contribution is 7.90. The SMILES string of the molecule is CCOC(=O)c1csc(NC(=O)C2=CC=CN3CCS(=O)(=O)N=C23)n1. The molecule has 9 nitrogen and oxygen atoms in total. The molecule has 3 heterocycles. The molecule has 11 heteroatoms. The zero-order chi connectivity index (χ0) is 18.0. The Bertz CT molecular complexity index is 913. The van der Waals surface area contributed by atoms with Gasteiger partial charge in [0, 0.05) is 18.1 Å². The number of fused-ring (bicyclic) bond motifs is 1. The number of hydrogen-bond acceptors (Lipinski definition) is 8. The van der Waals surface area contributed by atoms with E-state index < -0.39 is 21.9 Å². The highest BCUT2D eigenvalue weighted by Crippen LogP contribution is 2.21. The fourth-order valence-electron chi connectivity index (χ4n) is 2.19. The third kappa shape index (κ3) is 3.77.